The van der Waals surface area contributed by atoms with Crippen molar-refractivity contribution in [2.24, 2.45) is 0 Å². The number of nitrogen functional groups attached to an aromatic ring is 1. The normalized spacial score (nSPS) is 17.6. The molecule has 0 bridgehead atoms. The lowest BCUT2D eigenvalue weighted by molar-refractivity contribution is 0.0620. The molecule has 2 aromatic rings. The Hall–Kier alpha value is -2.20. The van der Waals surface area contributed by atoms with Crippen molar-refractivity contribution < 1.29 is 9.53 Å². The van der Waals surface area contributed by atoms with E-state index in [0.717, 1.165) is 28.9 Å². The van der Waals surface area contributed by atoms with Crippen LogP contribution in [-0.2, 0) is 6.42 Å². The van der Waals surface area contributed by atoms with Crippen LogP contribution in [0.15, 0.2) is 42.5 Å². The highest BCUT2D eigenvalue weighted by Gasteiger charge is 2.34. The van der Waals surface area contributed by atoms with Crippen LogP contribution in [0, 0.1) is 0 Å². The van der Waals surface area contributed by atoms with Crippen LogP contribution < -0.4 is 15.8 Å². The Kier molecular flexibility index (Phi) is 5.63. The number of nitrogens with one attached hydrogen (secondary N) is 1. The largest absolute Gasteiger partial charge is 0.487 e. The van der Waals surface area contributed by atoms with Gasteiger partial charge in [0.15, 0.2) is 0 Å². The molecule has 0 aromatic heterocycles. The number of amides is 1. The number of hydrogen-bond donors (Lipinski definition) is 2. The zero-order chi connectivity index (χ0) is 17.3. The van der Waals surface area contributed by atoms with E-state index in [1.54, 1.807) is 0 Å². The van der Waals surface area contributed by atoms with E-state index in [1.165, 1.54) is 0 Å². The van der Waals surface area contributed by atoms with Crippen molar-refractivity contribution in [1.29, 1.82) is 0 Å². The third-order valence-corrected chi connectivity index (χ3v) is 4.44. The zero-order valence-electron chi connectivity index (χ0n) is 14.8. The number of anilines is 1. The van der Waals surface area contributed by atoms with Gasteiger partial charge in [-0.25, -0.2) is 0 Å². The van der Waals surface area contributed by atoms with E-state index in [9.17, 15) is 4.79 Å². The molecule has 0 fully saturated rings. The molecule has 1 aliphatic rings. The molecule has 0 saturated carbocycles. The summed E-state index contributed by atoms with van der Waals surface area (Å²) >= 11 is 0. The van der Waals surface area contributed by atoms with Gasteiger partial charge in [-0.15, -0.1) is 12.4 Å². The Labute approximate surface area is 155 Å². The Morgan fingerprint density at radius 2 is 2.00 bits per heavy atom. The summed E-state index contributed by atoms with van der Waals surface area (Å²) in [6.07, 6.45) is 1.52. The van der Waals surface area contributed by atoms with E-state index in [0.29, 0.717) is 12.1 Å². The number of nitrogens with two attached hydrogens (primary N) is 1. The smallest absolute Gasteiger partial charge is 0.252 e. The van der Waals surface area contributed by atoms with Crippen LogP contribution in [0.2, 0.25) is 0 Å². The number of benzene rings is 2. The van der Waals surface area contributed by atoms with Crippen molar-refractivity contribution in [3.05, 3.63) is 59.2 Å². The average molecular weight is 361 g/mol. The highest BCUT2D eigenvalue weighted by Crippen LogP contribution is 2.40. The molecule has 0 saturated heterocycles. The number of ether oxygens (including phenoxy) is 1. The Bertz CT molecular complexity index is 774. The second kappa shape index (κ2) is 7.36. The van der Waals surface area contributed by atoms with Gasteiger partial charge in [-0.3, -0.25) is 4.79 Å². The molecule has 0 aliphatic carbocycles. The molecule has 0 radical (unpaired) electrons. The zero-order valence-corrected chi connectivity index (χ0v) is 15.7. The van der Waals surface area contributed by atoms with Gasteiger partial charge >= 0.3 is 0 Å². The predicted octanol–water partition coefficient (Wildman–Crippen LogP) is 4.29. The SMILES string of the molecule is CCc1ccccc1C(=O)NC1CC(C)(C)Oc2ccc(N)cc21.Cl. The third-order valence-electron chi connectivity index (χ3n) is 4.44. The van der Waals surface area contributed by atoms with Gasteiger partial charge in [0.2, 0.25) is 0 Å². The number of carbonyl (C=O) groups is 1. The van der Waals surface area contributed by atoms with Gasteiger partial charge in [-0.05, 0) is 50.1 Å². The number of rotatable bonds is 3. The molecule has 4 nitrogen and oxygen atoms in total. The summed E-state index contributed by atoms with van der Waals surface area (Å²) in [5.41, 5.74) is 8.98. The number of carbonyl (C=O) groups excluding carboxylic acids is 1. The maximum Gasteiger partial charge on any atom is 0.252 e. The lowest BCUT2D eigenvalue weighted by Gasteiger charge is -2.38. The first-order valence-electron chi connectivity index (χ1n) is 8.37. The van der Waals surface area contributed by atoms with Crippen LogP contribution in [-0.4, -0.2) is 11.5 Å². The molecule has 1 aliphatic heterocycles. The van der Waals surface area contributed by atoms with E-state index in [-0.39, 0.29) is 30.0 Å². The summed E-state index contributed by atoms with van der Waals surface area (Å²) in [7, 11) is 0. The molecule has 25 heavy (non-hydrogen) atoms. The fourth-order valence-electron chi connectivity index (χ4n) is 3.29. The topological polar surface area (TPSA) is 64.3 Å². The molecular formula is C20H25ClN2O2. The maximum atomic E-state index is 12.8. The first-order chi connectivity index (χ1) is 11.4. The maximum absolute atomic E-state index is 12.8. The van der Waals surface area contributed by atoms with Crippen molar-refractivity contribution >= 4 is 24.0 Å². The molecule has 1 heterocycles. The summed E-state index contributed by atoms with van der Waals surface area (Å²) < 4.78 is 6.03. The number of hydrogen-bond acceptors (Lipinski definition) is 3. The van der Waals surface area contributed by atoms with Crippen molar-refractivity contribution in [3.8, 4) is 5.75 Å². The quantitative estimate of drug-likeness (QED) is 0.803. The predicted molar refractivity (Wildman–Crippen MR) is 103 cm³/mol. The van der Waals surface area contributed by atoms with Crippen LogP contribution in [0.1, 0.15) is 54.7 Å². The van der Waals surface area contributed by atoms with Crippen LogP contribution in [0.3, 0.4) is 0 Å². The fraction of sp³-hybridized carbons (Fsp3) is 0.350. The molecule has 3 rings (SSSR count). The van der Waals surface area contributed by atoms with Crippen molar-refractivity contribution in [1.82, 2.24) is 5.32 Å². The molecule has 1 unspecified atom stereocenters. The highest BCUT2D eigenvalue weighted by atomic mass is 35.5. The molecule has 0 spiro atoms. The minimum absolute atomic E-state index is 0. The van der Waals surface area contributed by atoms with Crippen LogP contribution in [0.25, 0.3) is 0 Å². The molecular weight excluding hydrogens is 336 g/mol. The van der Waals surface area contributed by atoms with Crippen LogP contribution in [0.4, 0.5) is 5.69 Å². The third kappa shape index (κ3) is 4.07. The van der Waals surface area contributed by atoms with E-state index >= 15 is 0 Å². The highest BCUT2D eigenvalue weighted by molar-refractivity contribution is 5.96. The van der Waals surface area contributed by atoms with Gasteiger partial charge < -0.3 is 15.8 Å². The van der Waals surface area contributed by atoms with Gasteiger partial charge in [0.1, 0.15) is 11.4 Å². The first kappa shape index (κ1) is 19.1. The van der Waals surface area contributed by atoms with Crippen LogP contribution >= 0.6 is 12.4 Å². The van der Waals surface area contributed by atoms with E-state index in [4.69, 9.17) is 10.5 Å². The summed E-state index contributed by atoms with van der Waals surface area (Å²) in [5, 5.41) is 3.17. The van der Waals surface area contributed by atoms with Gasteiger partial charge in [-0.1, -0.05) is 25.1 Å². The molecule has 2 aromatic carbocycles. The van der Waals surface area contributed by atoms with Crippen molar-refractivity contribution in [2.75, 3.05) is 5.73 Å². The summed E-state index contributed by atoms with van der Waals surface area (Å²) in [5.74, 6) is 0.734. The van der Waals surface area contributed by atoms with E-state index in [2.05, 4.69) is 12.2 Å². The van der Waals surface area contributed by atoms with Gasteiger partial charge in [0, 0.05) is 23.2 Å². The van der Waals surface area contributed by atoms with Gasteiger partial charge in [-0.2, -0.15) is 0 Å². The van der Waals surface area contributed by atoms with Crippen LogP contribution in [0.5, 0.6) is 5.75 Å². The molecule has 5 heteroatoms. The minimum Gasteiger partial charge on any atom is -0.487 e. The van der Waals surface area contributed by atoms with Gasteiger partial charge in [0.05, 0.1) is 6.04 Å². The second-order valence-corrected chi connectivity index (χ2v) is 6.90. The molecule has 3 N–H and O–H groups in total. The van der Waals surface area contributed by atoms with Gasteiger partial charge in [0.25, 0.3) is 5.91 Å². The Morgan fingerprint density at radius 3 is 2.72 bits per heavy atom. The van der Waals surface area contributed by atoms with Crippen molar-refractivity contribution in [2.45, 2.75) is 45.3 Å². The summed E-state index contributed by atoms with van der Waals surface area (Å²) in [6.45, 7) is 6.12. The molecule has 1 atom stereocenters. The molecule has 1 amide bonds. The average Bonchev–Trinajstić information content (AvgIpc) is 2.54. The minimum atomic E-state index is -0.342. The summed E-state index contributed by atoms with van der Waals surface area (Å²) in [6, 6.07) is 13.2. The number of aryl methyl sites for hydroxylation is 1. The Balaban J connectivity index is 0.00000225. The lowest BCUT2D eigenvalue weighted by Crippen LogP contribution is -2.41. The number of halogens is 1. The molecule has 134 valence electrons. The Morgan fingerprint density at radius 1 is 1.28 bits per heavy atom. The fourth-order valence-corrected chi connectivity index (χ4v) is 3.29. The lowest BCUT2D eigenvalue weighted by atomic mass is 9.89. The monoisotopic (exact) mass is 360 g/mol. The van der Waals surface area contributed by atoms with Crippen molar-refractivity contribution in [3.63, 3.8) is 0 Å². The first-order valence-corrected chi connectivity index (χ1v) is 8.37. The second-order valence-electron chi connectivity index (χ2n) is 6.90. The number of fused-ring (bicyclic) bond motifs is 1. The van der Waals surface area contributed by atoms with E-state index < -0.39 is 0 Å². The van der Waals surface area contributed by atoms with E-state index in [1.807, 2.05) is 56.3 Å². The summed E-state index contributed by atoms with van der Waals surface area (Å²) in [4.78, 5) is 12.8. The standard InChI is InChI=1S/C20H24N2O2.ClH/c1-4-13-7-5-6-8-15(13)19(23)22-17-12-20(2,3)24-18-10-9-14(21)11-16(17)18;/h5-11,17H,4,12,21H2,1-3H3,(H,22,23);1H.